The molecule has 0 bridgehead atoms. The molecule has 0 saturated carbocycles. The second kappa shape index (κ2) is 14.5. The van der Waals surface area contributed by atoms with E-state index in [9.17, 15) is 14.0 Å². The van der Waals surface area contributed by atoms with E-state index < -0.39 is 23.0 Å². The highest BCUT2D eigenvalue weighted by Crippen LogP contribution is 2.37. The van der Waals surface area contributed by atoms with Gasteiger partial charge in [0.1, 0.15) is 11.6 Å². The van der Waals surface area contributed by atoms with Crippen molar-refractivity contribution in [3.63, 3.8) is 0 Å². The molecule has 0 aliphatic carbocycles. The highest BCUT2D eigenvalue weighted by Gasteiger charge is 2.17. The molecule has 0 unspecified atom stereocenters. The first kappa shape index (κ1) is 31.8. The maximum absolute atomic E-state index is 15.4. The first-order valence-electron chi connectivity index (χ1n) is 15.3. The molecule has 2 aromatic heterocycles. The normalized spacial score (nSPS) is 13.4. The Morgan fingerprint density at radius 3 is 2.51 bits per heavy atom. The zero-order chi connectivity index (χ0) is 32.8. The van der Waals surface area contributed by atoms with E-state index in [-0.39, 0.29) is 23.4 Å². The van der Waals surface area contributed by atoms with Gasteiger partial charge in [0.15, 0.2) is 28.8 Å². The molecule has 3 aromatic carbocycles. The zero-order valence-electron chi connectivity index (χ0n) is 25.8. The molecule has 1 aliphatic rings. The maximum Gasteiger partial charge on any atom is 0.265 e. The molecule has 0 spiro atoms. The Labute approximate surface area is 269 Å². The van der Waals surface area contributed by atoms with Gasteiger partial charge in [-0.2, -0.15) is 0 Å². The van der Waals surface area contributed by atoms with Gasteiger partial charge >= 0.3 is 0 Å². The summed E-state index contributed by atoms with van der Waals surface area (Å²) in [6, 6.07) is 17.7. The molecular weight excluding hydrogens is 608 g/mol. The van der Waals surface area contributed by atoms with Crippen LogP contribution in [0, 0.1) is 11.6 Å². The summed E-state index contributed by atoms with van der Waals surface area (Å²) in [5, 5.41) is 0.595. The number of methoxy groups -OCH3 is 1. The Bertz CT molecular complexity index is 1940. The van der Waals surface area contributed by atoms with Crippen molar-refractivity contribution in [1.29, 1.82) is 0 Å². The number of carbonyl (C=O) groups excluding carboxylic acids is 1. The fourth-order valence-electron chi connectivity index (χ4n) is 5.42. The van der Waals surface area contributed by atoms with Crippen LogP contribution in [0.2, 0.25) is 0 Å². The van der Waals surface area contributed by atoms with Gasteiger partial charge in [0.05, 0.1) is 43.7 Å². The monoisotopic (exact) mass is 641 g/mol. The van der Waals surface area contributed by atoms with Crippen LogP contribution in [0.5, 0.6) is 23.0 Å². The van der Waals surface area contributed by atoms with Crippen molar-refractivity contribution in [3.05, 3.63) is 118 Å². The lowest BCUT2D eigenvalue weighted by Gasteiger charge is -2.26. The van der Waals surface area contributed by atoms with E-state index in [0.717, 1.165) is 45.3 Å². The average molecular weight is 642 g/mol. The van der Waals surface area contributed by atoms with Crippen molar-refractivity contribution in [2.45, 2.75) is 12.8 Å². The highest BCUT2D eigenvalue weighted by molar-refractivity contribution is 5.97. The summed E-state index contributed by atoms with van der Waals surface area (Å²) in [7, 11) is 1.55. The van der Waals surface area contributed by atoms with Crippen LogP contribution in [-0.2, 0) is 11.2 Å². The number of rotatable bonds is 12. The third kappa shape index (κ3) is 7.48. The fraction of sp³-hybridized carbons (Fsp3) is 0.250. The summed E-state index contributed by atoms with van der Waals surface area (Å²) in [5.41, 5.74) is 0.711. The smallest absolute Gasteiger partial charge is 0.265 e. The SMILES string of the molecule is COc1cc2c(Oc3ccc(-n4cccc(C(=O)Cc5ccc(F)cc5)c4=O)cc3F)ccnc2cc1OCCCN1CCOCC1. The summed E-state index contributed by atoms with van der Waals surface area (Å²) in [5.74, 6) is -0.242. The zero-order valence-corrected chi connectivity index (χ0v) is 25.8. The van der Waals surface area contributed by atoms with Crippen LogP contribution in [0.3, 0.4) is 0 Å². The number of hydrogen-bond acceptors (Lipinski definition) is 8. The fourth-order valence-corrected chi connectivity index (χ4v) is 5.42. The van der Waals surface area contributed by atoms with E-state index in [1.807, 2.05) is 0 Å². The highest BCUT2D eigenvalue weighted by atomic mass is 19.1. The number of Topliss-reactive ketones (excluding diaryl/α,β-unsaturated/α-hetero) is 1. The molecule has 1 aliphatic heterocycles. The van der Waals surface area contributed by atoms with Gasteiger partial charge in [-0.3, -0.25) is 24.0 Å². The lowest BCUT2D eigenvalue weighted by molar-refractivity contribution is 0.0357. The van der Waals surface area contributed by atoms with Crippen LogP contribution in [0.25, 0.3) is 16.6 Å². The van der Waals surface area contributed by atoms with E-state index >= 15 is 4.39 Å². The number of pyridine rings is 2. The Morgan fingerprint density at radius 1 is 0.936 bits per heavy atom. The number of benzene rings is 3. The van der Waals surface area contributed by atoms with E-state index in [4.69, 9.17) is 18.9 Å². The summed E-state index contributed by atoms with van der Waals surface area (Å²) >= 11 is 0. The Kier molecular flexibility index (Phi) is 9.84. The van der Waals surface area contributed by atoms with Crippen molar-refractivity contribution < 1.29 is 32.5 Å². The minimum absolute atomic E-state index is 0.0600. The Morgan fingerprint density at radius 2 is 1.74 bits per heavy atom. The molecule has 11 heteroatoms. The van der Waals surface area contributed by atoms with Crippen LogP contribution < -0.4 is 19.8 Å². The summed E-state index contributed by atoms with van der Waals surface area (Å²) < 4.78 is 52.9. The lowest BCUT2D eigenvalue weighted by atomic mass is 10.0. The molecule has 47 heavy (non-hydrogen) atoms. The van der Waals surface area contributed by atoms with Crippen LogP contribution in [0.1, 0.15) is 22.3 Å². The molecule has 1 fully saturated rings. The van der Waals surface area contributed by atoms with Crippen molar-refractivity contribution in [2.24, 2.45) is 0 Å². The second-order valence-corrected chi connectivity index (χ2v) is 11.0. The van der Waals surface area contributed by atoms with Gasteiger partial charge in [0.25, 0.3) is 5.56 Å². The van der Waals surface area contributed by atoms with Crippen molar-refractivity contribution in [3.8, 4) is 28.7 Å². The van der Waals surface area contributed by atoms with Gasteiger partial charge in [-0.25, -0.2) is 8.78 Å². The number of hydrogen-bond donors (Lipinski definition) is 0. The molecule has 9 nitrogen and oxygen atoms in total. The van der Waals surface area contributed by atoms with Gasteiger partial charge in [0.2, 0.25) is 0 Å². The number of halogens is 2. The largest absolute Gasteiger partial charge is 0.493 e. The van der Waals surface area contributed by atoms with E-state index in [1.54, 1.807) is 37.6 Å². The standard InChI is InChI=1S/C36H33F2N3O6/c1-44-34-22-28-30(23-35(34)46-17-3-13-40-15-18-45-19-16-40)39-12-11-32(28)47-33-10-9-26(21-29(33)38)41-14-2-4-27(36(41)43)31(42)20-24-5-7-25(37)8-6-24/h2,4-12,14,21-23H,3,13,15-20H2,1H3. The van der Waals surface area contributed by atoms with Gasteiger partial charge in [-0.15, -0.1) is 0 Å². The summed E-state index contributed by atoms with van der Waals surface area (Å²) in [4.78, 5) is 32.9. The number of morpholine rings is 1. The second-order valence-electron chi connectivity index (χ2n) is 11.0. The topological polar surface area (TPSA) is 92.1 Å². The quantitative estimate of drug-likeness (QED) is 0.121. The van der Waals surface area contributed by atoms with Crippen LogP contribution in [0.4, 0.5) is 8.78 Å². The minimum atomic E-state index is -0.713. The number of fused-ring (bicyclic) bond motifs is 1. The van der Waals surface area contributed by atoms with Crippen molar-refractivity contribution >= 4 is 16.7 Å². The first-order chi connectivity index (χ1) is 22.9. The lowest BCUT2D eigenvalue weighted by Crippen LogP contribution is -2.37. The van der Waals surface area contributed by atoms with E-state index in [0.29, 0.717) is 40.3 Å². The number of carbonyl (C=O) groups is 1. The number of nitrogens with zero attached hydrogens (tertiary/aromatic N) is 3. The first-order valence-corrected chi connectivity index (χ1v) is 15.3. The molecular formula is C36H33F2N3O6. The van der Waals surface area contributed by atoms with Crippen molar-refractivity contribution in [1.82, 2.24) is 14.5 Å². The van der Waals surface area contributed by atoms with Gasteiger partial charge in [-0.05, 0) is 60.5 Å². The van der Waals surface area contributed by atoms with E-state index in [1.165, 1.54) is 53.2 Å². The molecule has 0 radical (unpaired) electrons. The summed E-state index contributed by atoms with van der Waals surface area (Å²) in [6.07, 6.45) is 3.79. The molecule has 0 amide bonds. The van der Waals surface area contributed by atoms with Crippen molar-refractivity contribution in [2.75, 3.05) is 46.6 Å². The van der Waals surface area contributed by atoms with Crippen LogP contribution >= 0.6 is 0 Å². The molecule has 6 rings (SSSR count). The molecule has 0 N–H and O–H groups in total. The third-order valence-electron chi connectivity index (χ3n) is 7.91. The molecule has 0 atom stereocenters. The number of ether oxygens (including phenoxy) is 4. The van der Waals surface area contributed by atoms with E-state index in [2.05, 4.69) is 9.88 Å². The number of aromatic nitrogens is 2. The predicted molar refractivity (Wildman–Crippen MR) is 172 cm³/mol. The predicted octanol–water partition coefficient (Wildman–Crippen LogP) is 5.99. The molecule has 5 aromatic rings. The van der Waals surface area contributed by atoms with Gasteiger partial charge < -0.3 is 18.9 Å². The molecule has 242 valence electrons. The third-order valence-corrected chi connectivity index (χ3v) is 7.91. The minimum Gasteiger partial charge on any atom is -0.493 e. The Balaban J connectivity index is 1.18. The average Bonchev–Trinajstić information content (AvgIpc) is 3.09. The summed E-state index contributed by atoms with van der Waals surface area (Å²) in [6.45, 7) is 4.75. The molecule has 1 saturated heterocycles. The number of ketones is 1. The van der Waals surface area contributed by atoms with Crippen LogP contribution in [-0.4, -0.2) is 66.8 Å². The molecule has 3 heterocycles. The maximum atomic E-state index is 15.4. The Hall–Kier alpha value is -5.13. The van der Waals surface area contributed by atoms with Gasteiger partial charge in [0, 0.05) is 56.0 Å². The van der Waals surface area contributed by atoms with Crippen LogP contribution in [0.15, 0.2) is 90.0 Å². The van der Waals surface area contributed by atoms with Gasteiger partial charge in [-0.1, -0.05) is 12.1 Å².